The van der Waals surface area contributed by atoms with Crippen molar-refractivity contribution in [2.24, 2.45) is 12.8 Å². The van der Waals surface area contributed by atoms with Gasteiger partial charge in [0, 0.05) is 24.7 Å². The fraction of sp³-hybridized carbons (Fsp3) is 0.333. The molecule has 2 N–H and O–H groups in total. The first-order valence-corrected chi connectivity index (χ1v) is 5.15. The second-order valence-electron chi connectivity index (χ2n) is 3.68. The van der Waals surface area contributed by atoms with E-state index in [1.54, 1.807) is 6.07 Å². The minimum absolute atomic E-state index is 0.178. The lowest BCUT2D eigenvalue weighted by atomic mass is 10.1. The monoisotopic (exact) mass is 206 g/mol. The molecule has 0 amide bonds. The molecule has 0 fully saturated rings. The molecule has 0 saturated carbocycles. The number of halogens is 1. The van der Waals surface area contributed by atoms with Crippen molar-refractivity contribution in [1.29, 1.82) is 0 Å². The second kappa shape index (κ2) is 3.66. The van der Waals surface area contributed by atoms with E-state index in [1.165, 1.54) is 6.07 Å². The highest BCUT2D eigenvalue weighted by molar-refractivity contribution is 5.86. The number of aryl methyl sites for hydroxylation is 1. The van der Waals surface area contributed by atoms with Crippen LogP contribution in [0.25, 0.3) is 10.9 Å². The molecule has 0 spiro atoms. The van der Waals surface area contributed by atoms with Crippen molar-refractivity contribution in [3.8, 4) is 0 Å². The van der Waals surface area contributed by atoms with Crippen LogP contribution >= 0.6 is 0 Å². The lowest BCUT2D eigenvalue weighted by molar-refractivity contribution is 0.639. The van der Waals surface area contributed by atoms with Gasteiger partial charge in [0.25, 0.3) is 0 Å². The summed E-state index contributed by atoms with van der Waals surface area (Å²) in [5.41, 5.74) is 8.68. The van der Waals surface area contributed by atoms with Gasteiger partial charge in [-0.05, 0) is 24.1 Å². The van der Waals surface area contributed by atoms with Gasteiger partial charge in [-0.1, -0.05) is 13.0 Å². The third-order valence-electron chi connectivity index (χ3n) is 2.95. The van der Waals surface area contributed by atoms with E-state index in [0.29, 0.717) is 11.9 Å². The van der Waals surface area contributed by atoms with Crippen molar-refractivity contribution in [2.45, 2.75) is 19.9 Å². The smallest absolute Gasteiger partial charge is 0.132 e. The van der Waals surface area contributed by atoms with Gasteiger partial charge >= 0.3 is 0 Å². The molecule has 0 aliphatic heterocycles. The summed E-state index contributed by atoms with van der Waals surface area (Å²) in [4.78, 5) is 0. The normalized spacial score (nSPS) is 11.2. The summed E-state index contributed by atoms with van der Waals surface area (Å²) < 4.78 is 15.7. The number of hydrogen-bond acceptors (Lipinski definition) is 1. The summed E-state index contributed by atoms with van der Waals surface area (Å²) in [7, 11) is 1.96. The number of aromatic nitrogens is 1. The van der Waals surface area contributed by atoms with E-state index >= 15 is 0 Å². The van der Waals surface area contributed by atoms with Gasteiger partial charge < -0.3 is 10.3 Å². The molecule has 1 aromatic carbocycles. The van der Waals surface area contributed by atoms with E-state index in [-0.39, 0.29) is 5.82 Å². The lowest BCUT2D eigenvalue weighted by Gasteiger charge is -2.02. The molecule has 0 radical (unpaired) electrons. The molecule has 2 aromatic rings. The zero-order valence-electron chi connectivity index (χ0n) is 9.05. The highest BCUT2D eigenvalue weighted by atomic mass is 19.1. The van der Waals surface area contributed by atoms with Crippen LogP contribution in [0, 0.1) is 5.82 Å². The Morgan fingerprint density at radius 2 is 2.13 bits per heavy atom. The van der Waals surface area contributed by atoms with Gasteiger partial charge in [0.2, 0.25) is 0 Å². The largest absolute Gasteiger partial charge is 0.347 e. The van der Waals surface area contributed by atoms with Crippen LogP contribution < -0.4 is 5.73 Å². The Hall–Kier alpha value is -1.35. The molecule has 0 atom stereocenters. The summed E-state index contributed by atoms with van der Waals surface area (Å²) in [6, 6.07) is 5.15. The molecular formula is C12H15FN2. The van der Waals surface area contributed by atoms with E-state index in [2.05, 4.69) is 6.92 Å². The quantitative estimate of drug-likeness (QED) is 0.803. The summed E-state index contributed by atoms with van der Waals surface area (Å²) in [6.07, 6.45) is 0.872. The maximum Gasteiger partial charge on any atom is 0.132 e. The Morgan fingerprint density at radius 3 is 2.73 bits per heavy atom. The minimum Gasteiger partial charge on any atom is -0.347 e. The first-order valence-electron chi connectivity index (χ1n) is 5.15. The van der Waals surface area contributed by atoms with Crippen molar-refractivity contribution in [2.75, 3.05) is 0 Å². The SMILES string of the molecule is CCc1c(CN)c2c(F)cccc2n1C. The molecule has 2 rings (SSSR count). The van der Waals surface area contributed by atoms with Crippen LogP contribution in [0.3, 0.4) is 0 Å². The highest BCUT2D eigenvalue weighted by Crippen LogP contribution is 2.27. The van der Waals surface area contributed by atoms with Gasteiger partial charge in [-0.3, -0.25) is 0 Å². The Bertz CT molecular complexity index is 500. The van der Waals surface area contributed by atoms with Crippen molar-refractivity contribution < 1.29 is 4.39 Å². The lowest BCUT2D eigenvalue weighted by Crippen LogP contribution is -2.02. The van der Waals surface area contributed by atoms with E-state index in [9.17, 15) is 4.39 Å². The fourth-order valence-electron chi connectivity index (χ4n) is 2.25. The van der Waals surface area contributed by atoms with Gasteiger partial charge in [-0.2, -0.15) is 0 Å². The molecular weight excluding hydrogens is 191 g/mol. The summed E-state index contributed by atoms with van der Waals surface area (Å²) in [5.74, 6) is -0.178. The van der Waals surface area contributed by atoms with Crippen LogP contribution in [0.1, 0.15) is 18.2 Å². The predicted molar refractivity (Wildman–Crippen MR) is 60.1 cm³/mol. The molecule has 0 unspecified atom stereocenters. The maximum atomic E-state index is 13.7. The first-order chi connectivity index (χ1) is 7.20. The van der Waals surface area contributed by atoms with Gasteiger partial charge in [0.1, 0.15) is 5.82 Å². The minimum atomic E-state index is -0.178. The topological polar surface area (TPSA) is 30.9 Å². The molecule has 0 aliphatic rings. The third-order valence-corrected chi connectivity index (χ3v) is 2.95. The number of fused-ring (bicyclic) bond motifs is 1. The predicted octanol–water partition coefficient (Wildman–Crippen LogP) is 2.34. The van der Waals surface area contributed by atoms with Gasteiger partial charge in [0.15, 0.2) is 0 Å². The Labute approximate surface area is 88.5 Å². The summed E-state index contributed by atoms with van der Waals surface area (Å²) >= 11 is 0. The number of hydrogen-bond donors (Lipinski definition) is 1. The molecule has 1 heterocycles. The molecule has 80 valence electrons. The molecule has 0 aliphatic carbocycles. The van der Waals surface area contributed by atoms with Gasteiger partial charge in [-0.15, -0.1) is 0 Å². The number of rotatable bonds is 2. The van der Waals surface area contributed by atoms with Crippen molar-refractivity contribution in [3.05, 3.63) is 35.3 Å². The molecule has 3 heteroatoms. The average molecular weight is 206 g/mol. The van der Waals surface area contributed by atoms with E-state index in [1.807, 2.05) is 17.7 Å². The van der Waals surface area contributed by atoms with E-state index in [0.717, 1.165) is 23.2 Å². The zero-order chi connectivity index (χ0) is 11.0. The zero-order valence-corrected chi connectivity index (χ0v) is 9.05. The second-order valence-corrected chi connectivity index (χ2v) is 3.68. The standard InChI is InChI=1S/C12H15FN2/c1-3-10-8(7-14)12-9(13)5-4-6-11(12)15(10)2/h4-6H,3,7,14H2,1-2H3. The fourth-order valence-corrected chi connectivity index (χ4v) is 2.25. The molecule has 0 bridgehead atoms. The van der Waals surface area contributed by atoms with Crippen LogP contribution in [0.4, 0.5) is 4.39 Å². The molecule has 15 heavy (non-hydrogen) atoms. The Kier molecular flexibility index (Phi) is 2.49. The van der Waals surface area contributed by atoms with Crippen molar-refractivity contribution in [3.63, 3.8) is 0 Å². The average Bonchev–Trinajstić information content (AvgIpc) is 2.53. The van der Waals surface area contributed by atoms with Crippen LogP contribution in [-0.4, -0.2) is 4.57 Å². The Balaban J connectivity index is 2.91. The highest BCUT2D eigenvalue weighted by Gasteiger charge is 2.15. The summed E-state index contributed by atoms with van der Waals surface area (Å²) in [5, 5.41) is 0.680. The van der Waals surface area contributed by atoms with E-state index < -0.39 is 0 Å². The first kappa shape index (κ1) is 10.2. The number of benzene rings is 1. The van der Waals surface area contributed by atoms with Gasteiger partial charge in [-0.25, -0.2) is 4.39 Å². The summed E-state index contributed by atoms with van der Waals surface area (Å²) in [6.45, 7) is 2.45. The van der Waals surface area contributed by atoms with Crippen LogP contribution in [0.5, 0.6) is 0 Å². The maximum absolute atomic E-state index is 13.7. The van der Waals surface area contributed by atoms with Crippen molar-refractivity contribution >= 4 is 10.9 Å². The van der Waals surface area contributed by atoms with E-state index in [4.69, 9.17) is 5.73 Å². The van der Waals surface area contributed by atoms with Crippen molar-refractivity contribution in [1.82, 2.24) is 4.57 Å². The Morgan fingerprint density at radius 1 is 1.40 bits per heavy atom. The molecule has 1 aromatic heterocycles. The van der Waals surface area contributed by atoms with Crippen LogP contribution in [0.15, 0.2) is 18.2 Å². The molecule has 2 nitrogen and oxygen atoms in total. The number of nitrogens with two attached hydrogens (primary N) is 1. The van der Waals surface area contributed by atoms with Crippen LogP contribution in [-0.2, 0) is 20.0 Å². The third kappa shape index (κ3) is 1.35. The number of nitrogens with zero attached hydrogens (tertiary/aromatic N) is 1. The molecule has 0 saturated heterocycles. The van der Waals surface area contributed by atoms with Crippen LogP contribution in [0.2, 0.25) is 0 Å². The van der Waals surface area contributed by atoms with Gasteiger partial charge in [0.05, 0.1) is 5.52 Å².